The molecule has 20 heavy (non-hydrogen) atoms. The van der Waals surface area contributed by atoms with Gasteiger partial charge in [0.1, 0.15) is 0 Å². The summed E-state index contributed by atoms with van der Waals surface area (Å²) in [5.74, 6) is 2.13. The molecule has 3 atom stereocenters. The molecule has 1 rings (SSSR count). The lowest BCUT2D eigenvalue weighted by Crippen LogP contribution is -2.40. The highest BCUT2D eigenvalue weighted by molar-refractivity contribution is 5.33. The largest absolute Gasteiger partial charge is 0.0853 e. The van der Waals surface area contributed by atoms with E-state index >= 15 is 0 Å². The first-order chi connectivity index (χ1) is 9.25. The Morgan fingerprint density at radius 2 is 1.85 bits per heavy atom. The van der Waals surface area contributed by atoms with Crippen molar-refractivity contribution in [2.45, 2.75) is 68.2 Å². The van der Waals surface area contributed by atoms with Crippen LogP contribution in [-0.4, -0.2) is 0 Å². The summed E-state index contributed by atoms with van der Waals surface area (Å²) in [6, 6.07) is 0. The van der Waals surface area contributed by atoms with Crippen molar-refractivity contribution in [1.82, 2.24) is 0 Å². The second-order valence-electron chi connectivity index (χ2n) is 7.37. The van der Waals surface area contributed by atoms with Gasteiger partial charge in [0.25, 0.3) is 0 Å². The van der Waals surface area contributed by atoms with Gasteiger partial charge in [-0.2, -0.15) is 0 Å². The van der Waals surface area contributed by atoms with Crippen LogP contribution in [0.3, 0.4) is 0 Å². The highest BCUT2D eigenvalue weighted by Gasteiger charge is 2.44. The van der Waals surface area contributed by atoms with Crippen LogP contribution < -0.4 is 0 Å². The van der Waals surface area contributed by atoms with Crippen molar-refractivity contribution < 1.29 is 0 Å². The van der Waals surface area contributed by atoms with E-state index in [9.17, 15) is 0 Å². The first-order valence-corrected chi connectivity index (χ1v) is 8.24. The maximum atomic E-state index is 2.51. The summed E-state index contributed by atoms with van der Waals surface area (Å²) in [4.78, 5) is 0. The molecule has 0 aromatic carbocycles. The first kappa shape index (κ1) is 17.3. The Bertz CT molecular complexity index is 415. The standard InChI is InChI=1S/C20H34/c1-9-18(15(4)5)20(8)17(7)12-11-16(6)19(20)13-10-14(2)3/h10-12,15,18-19H,9,13H2,1-8H3. The molecule has 1 aliphatic carbocycles. The van der Waals surface area contributed by atoms with Crippen molar-refractivity contribution >= 4 is 0 Å². The number of rotatable bonds is 5. The lowest BCUT2D eigenvalue weighted by molar-refractivity contribution is 0.111. The van der Waals surface area contributed by atoms with Crippen LogP contribution in [0.4, 0.5) is 0 Å². The SMILES string of the molecule is CCC(C(C)C)C1(C)C(C)=CC=C(C)C1CC=C(C)C. The van der Waals surface area contributed by atoms with Gasteiger partial charge in [0, 0.05) is 0 Å². The number of allylic oxidation sites excluding steroid dienone is 6. The summed E-state index contributed by atoms with van der Waals surface area (Å²) in [5.41, 5.74) is 4.85. The van der Waals surface area contributed by atoms with Gasteiger partial charge in [-0.3, -0.25) is 0 Å². The molecule has 114 valence electrons. The Morgan fingerprint density at radius 1 is 1.25 bits per heavy atom. The van der Waals surface area contributed by atoms with E-state index in [0.29, 0.717) is 11.3 Å². The summed E-state index contributed by atoms with van der Waals surface area (Å²) in [5, 5.41) is 0. The molecule has 0 radical (unpaired) electrons. The fourth-order valence-corrected chi connectivity index (χ4v) is 4.22. The third kappa shape index (κ3) is 3.27. The van der Waals surface area contributed by atoms with Gasteiger partial charge in [-0.25, -0.2) is 0 Å². The highest BCUT2D eigenvalue weighted by Crippen LogP contribution is 2.52. The van der Waals surface area contributed by atoms with Gasteiger partial charge in [-0.15, -0.1) is 0 Å². The van der Waals surface area contributed by atoms with E-state index in [1.165, 1.54) is 18.4 Å². The third-order valence-corrected chi connectivity index (χ3v) is 5.50. The van der Waals surface area contributed by atoms with Crippen molar-refractivity contribution in [3.8, 4) is 0 Å². The zero-order chi connectivity index (χ0) is 15.5. The molecule has 0 aromatic heterocycles. The normalized spacial score (nSPS) is 27.9. The molecule has 0 heteroatoms. The minimum absolute atomic E-state index is 0.299. The van der Waals surface area contributed by atoms with Crippen molar-refractivity contribution in [2.24, 2.45) is 23.2 Å². The molecule has 0 aromatic rings. The molecule has 0 amide bonds. The predicted molar refractivity (Wildman–Crippen MR) is 91.8 cm³/mol. The van der Waals surface area contributed by atoms with E-state index in [4.69, 9.17) is 0 Å². The fourth-order valence-electron chi connectivity index (χ4n) is 4.22. The Kier molecular flexibility index (Phi) is 5.86. The molecule has 3 unspecified atom stereocenters. The van der Waals surface area contributed by atoms with Crippen LogP contribution >= 0.6 is 0 Å². The van der Waals surface area contributed by atoms with Crippen LogP contribution in [-0.2, 0) is 0 Å². The summed E-state index contributed by atoms with van der Waals surface area (Å²) in [6.45, 7) is 18.7. The molecule has 0 N–H and O–H groups in total. The van der Waals surface area contributed by atoms with Crippen LogP contribution in [0.2, 0.25) is 0 Å². The van der Waals surface area contributed by atoms with E-state index in [0.717, 1.165) is 11.8 Å². The lowest BCUT2D eigenvalue weighted by Gasteiger charge is -2.49. The van der Waals surface area contributed by atoms with Gasteiger partial charge in [0.15, 0.2) is 0 Å². The molecule has 0 spiro atoms. The van der Waals surface area contributed by atoms with E-state index in [1.54, 1.807) is 11.1 Å². The van der Waals surface area contributed by atoms with Crippen LogP contribution in [0.1, 0.15) is 68.2 Å². The average molecular weight is 274 g/mol. The molecule has 0 nitrogen and oxygen atoms in total. The average Bonchev–Trinajstić information content (AvgIpc) is 2.34. The minimum Gasteiger partial charge on any atom is -0.0853 e. The number of hydrogen-bond acceptors (Lipinski definition) is 0. The zero-order valence-electron chi connectivity index (χ0n) is 14.9. The predicted octanol–water partition coefficient (Wildman–Crippen LogP) is 6.55. The number of hydrogen-bond donors (Lipinski definition) is 0. The maximum Gasteiger partial charge on any atom is -0.00171 e. The van der Waals surface area contributed by atoms with Crippen molar-refractivity contribution in [3.05, 3.63) is 34.9 Å². The van der Waals surface area contributed by atoms with E-state index < -0.39 is 0 Å². The van der Waals surface area contributed by atoms with E-state index in [1.807, 2.05) is 0 Å². The zero-order valence-corrected chi connectivity index (χ0v) is 14.9. The van der Waals surface area contributed by atoms with Crippen LogP contribution in [0.15, 0.2) is 34.9 Å². The van der Waals surface area contributed by atoms with Crippen molar-refractivity contribution in [1.29, 1.82) is 0 Å². The Morgan fingerprint density at radius 3 is 2.30 bits per heavy atom. The molecular formula is C20H34. The first-order valence-electron chi connectivity index (χ1n) is 8.24. The second-order valence-corrected chi connectivity index (χ2v) is 7.37. The lowest BCUT2D eigenvalue weighted by atomic mass is 9.56. The van der Waals surface area contributed by atoms with Gasteiger partial charge in [0.2, 0.25) is 0 Å². The van der Waals surface area contributed by atoms with Gasteiger partial charge >= 0.3 is 0 Å². The van der Waals surface area contributed by atoms with Gasteiger partial charge < -0.3 is 0 Å². The molecule has 0 saturated carbocycles. The molecule has 0 saturated heterocycles. The highest BCUT2D eigenvalue weighted by atomic mass is 14.5. The molecule has 0 aliphatic heterocycles. The molecule has 0 bridgehead atoms. The maximum absolute atomic E-state index is 2.51. The summed E-state index contributed by atoms with van der Waals surface area (Å²) >= 11 is 0. The molecule has 0 heterocycles. The van der Waals surface area contributed by atoms with E-state index in [-0.39, 0.29) is 0 Å². The summed E-state index contributed by atoms with van der Waals surface area (Å²) in [6.07, 6.45) is 9.56. The second kappa shape index (κ2) is 6.78. The third-order valence-electron chi connectivity index (χ3n) is 5.50. The fraction of sp³-hybridized carbons (Fsp3) is 0.700. The summed E-state index contributed by atoms with van der Waals surface area (Å²) < 4.78 is 0. The van der Waals surface area contributed by atoms with Gasteiger partial charge in [-0.05, 0) is 57.3 Å². The topological polar surface area (TPSA) is 0 Å². The van der Waals surface area contributed by atoms with Crippen LogP contribution in [0.5, 0.6) is 0 Å². The molecule has 0 fully saturated rings. The van der Waals surface area contributed by atoms with Gasteiger partial charge in [0.05, 0.1) is 0 Å². The van der Waals surface area contributed by atoms with E-state index in [2.05, 4.69) is 73.6 Å². The molecular weight excluding hydrogens is 240 g/mol. The Labute approximate surface area is 127 Å². The minimum atomic E-state index is 0.299. The summed E-state index contributed by atoms with van der Waals surface area (Å²) in [7, 11) is 0. The Balaban J connectivity index is 3.24. The quantitative estimate of drug-likeness (QED) is 0.498. The smallest absolute Gasteiger partial charge is 0.00171 e. The molecule has 1 aliphatic rings. The van der Waals surface area contributed by atoms with Gasteiger partial charge in [-0.1, -0.05) is 69.1 Å². The van der Waals surface area contributed by atoms with Crippen molar-refractivity contribution in [3.63, 3.8) is 0 Å². The monoisotopic (exact) mass is 274 g/mol. The van der Waals surface area contributed by atoms with Crippen molar-refractivity contribution in [2.75, 3.05) is 0 Å². The van der Waals surface area contributed by atoms with Crippen LogP contribution in [0.25, 0.3) is 0 Å². The Hall–Kier alpha value is -0.780. The van der Waals surface area contributed by atoms with Crippen LogP contribution in [0, 0.1) is 23.2 Å².